The van der Waals surface area contributed by atoms with Gasteiger partial charge >= 0.3 is 0 Å². The zero-order valence-corrected chi connectivity index (χ0v) is 14.5. The molecule has 1 amide bonds. The Labute approximate surface area is 141 Å². The summed E-state index contributed by atoms with van der Waals surface area (Å²) in [5, 5.41) is 5.11. The first-order chi connectivity index (χ1) is 11.2. The highest BCUT2D eigenvalue weighted by Gasteiger charge is 2.32. The number of aromatic nitrogens is 2. The van der Waals surface area contributed by atoms with Crippen LogP contribution in [0.3, 0.4) is 0 Å². The molecule has 0 bridgehead atoms. The van der Waals surface area contributed by atoms with Gasteiger partial charge in [0.15, 0.2) is 0 Å². The Bertz CT molecular complexity index is 655. The molecule has 0 radical (unpaired) electrons. The van der Waals surface area contributed by atoms with E-state index in [0.717, 1.165) is 17.8 Å². The van der Waals surface area contributed by atoms with Crippen LogP contribution in [-0.2, 0) is 11.2 Å². The highest BCUT2D eigenvalue weighted by atomic mass is 32.2. The number of carbonyl (C=O) groups excluding carboxylic acids is 1. The maximum atomic E-state index is 12.6. The third-order valence-electron chi connectivity index (χ3n) is 4.61. The fourth-order valence-corrected chi connectivity index (χ4v) is 4.30. The number of hydrogen-bond acceptors (Lipinski definition) is 3. The number of nitrogens with zero attached hydrogens (tertiary/aromatic N) is 3. The predicted octanol–water partition coefficient (Wildman–Crippen LogP) is 3.16. The number of para-hydroxylation sites is 1. The van der Waals surface area contributed by atoms with Crippen LogP contribution in [0.5, 0.6) is 0 Å². The first-order valence-electron chi connectivity index (χ1n) is 8.07. The minimum absolute atomic E-state index is 0.161. The average molecular weight is 329 g/mol. The van der Waals surface area contributed by atoms with Gasteiger partial charge in [-0.3, -0.25) is 4.79 Å². The molecule has 0 saturated heterocycles. The minimum Gasteiger partial charge on any atom is -0.341 e. The molecular formula is C18H23N3OS. The molecule has 4 nitrogen and oxygen atoms in total. The molecule has 1 aromatic carbocycles. The molecule has 23 heavy (non-hydrogen) atoms. The van der Waals surface area contributed by atoms with E-state index in [4.69, 9.17) is 0 Å². The number of thioether (sulfide) groups is 1. The summed E-state index contributed by atoms with van der Waals surface area (Å²) in [6.45, 7) is 0. The van der Waals surface area contributed by atoms with E-state index in [1.807, 2.05) is 71.0 Å². The second kappa shape index (κ2) is 7.21. The number of amides is 1. The van der Waals surface area contributed by atoms with Gasteiger partial charge in [-0.1, -0.05) is 24.6 Å². The molecule has 1 heterocycles. The average Bonchev–Trinajstić information content (AvgIpc) is 3.23. The summed E-state index contributed by atoms with van der Waals surface area (Å²) in [4.78, 5) is 14.5. The van der Waals surface area contributed by atoms with Crippen molar-refractivity contribution in [2.45, 2.75) is 37.0 Å². The zero-order valence-electron chi connectivity index (χ0n) is 13.7. The smallest absolute Gasteiger partial charge is 0.228 e. The Balaban J connectivity index is 1.65. The molecule has 0 aliphatic heterocycles. The van der Waals surface area contributed by atoms with E-state index in [1.165, 1.54) is 12.8 Å². The van der Waals surface area contributed by atoms with Crippen molar-refractivity contribution in [1.82, 2.24) is 14.7 Å². The van der Waals surface area contributed by atoms with Crippen molar-refractivity contribution in [2.24, 2.45) is 0 Å². The molecule has 3 rings (SSSR count). The van der Waals surface area contributed by atoms with E-state index in [1.54, 1.807) is 0 Å². The zero-order chi connectivity index (χ0) is 16.2. The largest absolute Gasteiger partial charge is 0.341 e. The maximum absolute atomic E-state index is 12.6. The van der Waals surface area contributed by atoms with Crippen molar-refractivity contribution in [1.29, 1.82) is 0 Å². The SMILES string of the molecule is CS[C@@H]1CCC[C@@H]1N(C)C(=O)Cc1ccn(-c2ccccc2)n1. The normalized spacial score (nSPS) is 20.6. The highest BCUT2D eigenvalue weighted by molar-refractivity contribution is 7.99. The Morgan fingerprint density at radius 1 is 1.30 bits per heavy atom. The molecule has 0 N–H and O–H groups in total. The van der Waals surface area contributed by atoms with Crippen molar-refractivity contribution in [3.8, 4) is 5.69 Å². The van der Waals surface area contributed by atoms with Gasteiger partial charge in [-0.15, -0.1) is 0 Å². The van der Waals surface area contributed by atoms with E-state index in [-0.39, 0.29) is 5.91 Å². The van der Waals surface area contributed by atoms with Gasteiger partial charge < -0.3 is 4.90 Å². The van der Waals surface area contributed by atoms with Crippen molar-refractivity contribution < 1.29 is 4.79 Å². The molecule has 1 aliphatic carbocycles. The van der Waals surface area contributed by atoms with Gasteiger partial charge in [0.2, 0.25) is 5.91 Å². The lowest BCUT2D eigenvalue weighted by Gasteiger charge is -2.28. The van der Waals surface area contributed by atoms with Crippen molar-refractivity contribution in [3.05, 3.63) is 48.3 Å². The molecule has 2 aromatic rings. The first-order valence-corrected chi connectivity index (χ1v) is 9.36. The highest BCUT2D eigenvalue weighted by Crippen LogP contribution is 2.31. The van der Waals surface area contributed by atoms with Crippen LogP contribution in [0.25, 0.3) is 5.69 Å². The van der Waals surface area contributed by atoms with Crippen LogP contribution in [0.15, 0.2) is 42.6 Å². The molecule has 122 valence electrons. The van der Waals surface area contributed by atoms with Crippen LogP contribution < -0.4 is 0 Å². The molecule has 1 fully saturated rings. The number of hydrogen-bond donors (Lipinski definition) is 0. The third-order valence-corrected chi connectivity index (χ3v) is 5.76. The fourth-order valence-electron chi connectivity index (χ4n) is 3.27. The van der Waals surface area contributed by atoms with Crippen LogP contribution >= 0.6 is 11.8 Å². The number of likely N-dealkylation sites (N-methyl/N-ethyl adjacent to an activating group) is 1. The molecule has 5 heteroatoms. The quantitative estimate of drug-likeness (QED) is 0.846. The van der Waals surface area contributed by atoms with E-state index in [2.05, 4.69) is 11.4 Å². The molecule has 1 saturated carbocycles. The standard InChI is InChI=1S/C18H23N3OS/c1-20(16-9-6-10-17(16)23-2)18(22)13-14-11-12-21(19-14)15-7-4-3-5-8-15/h3-5,7-8,11-12,16-17H,6,9-10,13H2,1-2H3/t16-,17+/m0/s1. The van der Waals surface area contributed by atoms with Gasteiger partial charge in [-0.2, -0.15) is 16.9 Å². The van der Waals surface area contributed by atoms with E-state index in [0.29, 0.717) is 17.7 Å². The number of carbonyl (C=O) groups is 1. The van der Waals surface area contributed by atoms with Crippen molar-refractivity contribution in [2.75, 3.05) is 13.3 Å². The predicted molar refractivity (Wildman–Crippen MR) is 95.0 cm³/mol. The van der Waals surface area contributed by atoms with Gasteiger partial charge in [0.05, 0.1) is 17.8 Å². The molecular weight excluding hydrogens is 306 g/mol. The molecule has 1 aliphatic rings. The fraction of sp³-hybridized carbons (Fsp3) is 0.444. The molecule has 0 spiro atoms. The third kappa shape index (κ3) is 3.61. The Morgan fingerprint density at radius 3 is 2.83 bits per heavy atom. The number of rotatable bonds is 5. The van der Waals surface area contributed by atoms with Gasteiger partial charge in [-0.05, 0) is 37.3 Å². The lowest BCUT2D eigenvalue weighted by atomic mass is 10.2. The van der Waals surface area contributed by atoms with E-state index in [9.17, 15) is 4.79 Å². The summed E-state index contributed by atoms with van der Waals surface area (Å²) in [6.07, 6.45) is 7.98. The van der Waals surface area contributed by atoms with Crippen LogP contribution in [0.4, 0.5) is 0 Å². The topological polar surface area (TPSA) is 38.1 Å². The van der Waals surface area contributed by atoms with Gasteiger partial charge in [0.1, 0.15) is 0 Å². The first kappa shape index (κ1) is 16.1. The minimum atomic E-state index is 0.161. The molecule has 2 atom stereocenters. The summed E-state index contributed by atoms with van der Waals surface area (Å²) >= 11 is 1.88. The maximum Gasteiger partial charge on any atom is 0.228 e. The number of benzene rings is 1. The Kier molecular flexibility index (Phi) is 5.06. The summed E-state index contributed by atoms with van der Waals surface area (Å²) in [7, 11) is 1.94. The van der Waals surface area contributed by atoms with Crippen LogP contribution in [-0.4, -0.2) is 45.2 Å². The molecule has 1 aromatic heterocycles. The summed E-state index contributed by atoms with van der Waals surface area (Å²) in [5.41, 5.74) is 1.84. The van der Waals surface area contributed by atoms with Gasteiger partial charge in [0.25, 0.3) is 0 Å². The van der Waals surface area contributed by atoms with Crippen LogP contribution in [0.2, 0.25) is 0 Å². The summed E-state index contributed by atoms with van der Waals surface area (Å²) in [6, 6.07) is 12.3. The lowest BCUT2D eigenvalue weighted by Crippen LogP contribution is -2.41. The van der Waals surface area contributed by atoms with Gasteiger partial charge in [0, 0.05) is 24.5 Å². The van der Waals surface area contributed by atoms with E-state index < -0.39 is 0 Å². The van der Waals surface area contributed by atoms with Crippen molar-refractivity contribution >= 4 is 17.7 Å². The van der Waals surface area contributed by atoms with E-state index >= 15 is 0 Å². The monoisotopic (exact) mass is 329 g/mol. The second-order valence-electron chi connectivity index (χ2n) is 6.04. The lowest BCUT2D eigenvalue weighted by molar-refractivity contribution is -0.131. The summed E-state index contributed by atoms with van der Waals surface area (Å²) < 4.78 is 1.82. The van der Waals surface area contributed by atoms with Crippen LogP contribution in [0.1, 0.15) is 25.0 Å². The second-order valence-corrected chi connectivity index (χ2v) is 7.12. The Morgan fingerprint density at radius 2 is 2.09 bits per heavy atom. The summed E-state index contributed by atoms with van der Waals surface area (Å²) in [5.74, 6) is 0.161. The van der Waals surface area contributed by atoms with Crippen molar-refractivity contribution in [3.63, 3.8) is 0 Å². The van der Waals surface area contributed by atoms with Gasteiger partial charge in [-0.25, -0.2) is 4.68 Å². The molecule has 0 unspecified atom stereocenters. The Hall–Kier alpha value is -1.75. The van der Waals surface area contributed by atoms with Crippen LogP contribution in [0, 0.1) is 0 Å².